The second-order valence-corrected chi connectivity index (χ2v) is 6.35. The van der Waals surface area contributed by atoms with Gasteiger partial charge in [0.25, 0.3) is 5.91 Å². The van der Waals surface area contributed by atoms with Gasteiger partial charge in [0.15, 0.2) is 0 Å². The molecule has 1 aromatic rings. The van der Waals surface area contributed by atoms with E-state index in [1.807, 2.05) is 44.2 Å². The number of methoxy groups -OCH3 is 1. The maximum atomic E-state index is 12.8. The van der Waals surface area contributed by atoms with Crippen LogP contribution in [0.4, 0.5) is 4.79 Å². The van der Waals surface area contributed by atoms with Gasteiger partial charge in [-0.2, -0.15) is 0 Å². The molecule has 0 aromatic heterocycles. The number of imide groups is 1. The van der Waals surface area contributed by atoms with Crippen molar-refractivity contribution in [3.63, 3.8) is 0 Å². The number of hydrogen-bond acceptors (Lipinski definition) is 3. The second kappa shape index (κ2) is 5.72. The molecular formula is C17H22N2O3. The number of fused-ring (bicyclic) bond motifs is 1. The summed E-state index contributed by atoms with van der Waals surface area (Å²) >= 11 is 0. The Bertz CT molecular complexity index is 549. The summed E-state index contributed by atoms with van der Waals surface area (Å²) in [6.45, 7) is 4.58. The van der Waals surface area contributed by atoms with E-state index in [2.05, 4.69) is 0 Å². The predicted octanol–water partition coefficient (Wildman–Crippen LogP) is 2.44. The molecule has 0 spiro atoms. The molecule has 0 unspecified atom stereocenters. The maximum absolute atomic E-state index is 12.8. The first kappa shape index (κ1) is 15.0. The van der Waals surface area contributed by atoms with Crippen LogP contribution in [0.3, 0.4) is 0 Å². The van der Waals surface area contributed by atoms with Crippen molar-refractivity contribution >= 4 is 11.9 Å². The molecule has 3 rings (SSSR count). The summed E-state index contributed by atoms with van der Waals surface area (Å²) in [4.78, 5) is 28.7. The van der Waals surface area contributed by atoms with Gasteiger partial charge in [0.05, 0.1) is 12.1 Å². The SMILES string of the molecule is CO[C@@H]1C[C@H]2C(=O)N([C@H](c3ccccc3)C(C)C)C(=O)N2C1. The van der Waals surface area contributed by atoms with E-state index >= 15 is 0 Å². The first-order valence-electron chi connectivity index (χ1n) is 7.76. The highest BCUT2D eigenvalue weighted by atomic mass is 16.5. The molecule has 2 saturated heterocycles. The van der Waals surface area contributed by atoms with E-state index in [1.165, 1.54) is 4.90 Å². The molecule has 0 N–H and O–H groups in total. The fourth-order valence-electron chi connectivity index (χ4n) is 3.55. The molecule has 5 nitrogen and oxygen atoms in total. The predicted molar refractivity (Wildman–Crippen MR) is 82.2 cm³/mol. The van der Waals surface area contributed by atoms with Crippen LogP contribution in [-0.4, -0.2) is 47.5 Å². The van der Waals surface area contributed by atoms with Gasteiger partial charge in [-0.05, 0) is 11.5 Å². The summed E-state index contributed by atoms with van der Waals surface area (Å²) in [6.07, 6.45) is 0.561. The first-order chi connectivity index (χ1) is 10.5. The molecule has 2 aliphatic heterocycles. The lowest BCUT2D eigenvalue weighted by molar-refractivity contribution is -0.130. The third kappa shape index (κ3) is 2.29. The van der Waals surface area contributed by atoms with Crippen LogP contribution in [-0.2, 0) is 9.53 Å². The monoisotopic (exact) mass is 302 g/mol. The number of carbonyl (C=O) groups excluding carboxylic acids is 2. The molecule has 22 heavy (non-hydrogen) atoms. The van der Waals surface area contributed by atoms with Gasteiger partial charge in [0.1, 0.15) is 6.04 Å². The zero-order valence-corrected chi connectivity index (χ0v) is 13.2. The van der Waals surface area contributed by atoms with E-state index in [4.69, 9.17) is 4.74 Å². The van der Waals surface area contributed by atoms with E-state index < -0.39 is 0 Å². The van der Waals surface area contributed by atoms with Crippen molar-refractivity contribution in [2.75, 3.05) is 13.7 Å². The van der Waals surface area contributed by atoms with Crippen molar-refractivity contribution in [3.8, 4) is 0 Å². The average molecular weight is 302 g/mol. The van der Waals surface area contributed by atoms with Crippen molar-refractivity contribution < 1.29 is 14.3 Å². The number of ether oxygens (including phenoxy) is 1. The topological polar surface area (TPSA) is 49.9 Å². The minimum atomic E-state index is -0.359. The summed E-state index contributed by atoms with van der Waals surface area (Å²) in [5, 5.41) is 0. The number of urea groups is 1. The van der Waals surface area contributed by atoms with Gasteiger partial charge in [-0.25, -0.2) is 4.79 Å². The number of rotatable bonds is 4. The molecule has 0 bridgehead atoms. The van der Waals surface area contributed by atoms with E-state index in [0.29, 0.717) is 13.0 Å². The second-order valence-electron chi connectivity index (χ2n) is 6.35. The van der Waals surface area contributed by atoms with Crippen LogP contribution in [0, 0.1) is 5.92 Å². The molecule has 5 heteroatoms. The lowest BCUT2D eigenvalue weighted by Gasteiger charge is -2.30. The highest BCUT2D eigenvalue weighted by molar-refractivity contribution is 6.05. The van der Waals surface area contributed by atoms with Gasteiger partial charge in [-0.15, -0.1) is 0 Å². The Balaban J connectivity index is 1.91. The third-order valence-corrected chi connectivity index (χ3v) is 4.62. The van der Waals surface area contributed by atoms with E-state index in [-0.39, 0.29) is 36.0 Å². The minimum absolute atomic E-state index is 0.0331. The van der Waals surface area contributed by atoms with Gasteiger partial charge in [0.2, 0.25) is 0 Å². The van der Waals surface area contributed by atoms with Gasteiger partial charge in [-0.3, -0.25) is 9.69 Å². The molecule has 2 heterocycles. The zero-order valence-electron chi connectivity index (χ0n) is 13.2. The Morgan fingerprint density at radius 2 is 1.86 bits per heavy atom. The normalized spacial score (nSPS) is 26.0. The highest BCUT2D eigenvalue weighted by Gasteiger charge is 2.53. The Morgan fingerprint density at radius 1 is 1.18 bits per heavy atom. The van der Waals surface area contributed by atoms with E-state index in [9.17, 15) is 9.59 Å². The molecular weight excluding hydrogens is 280 g/mol. The van der Waals surface area contributed by atoms with Gasteiger partial charge < -0.3 is 9.64 Å². The molecule has 0 aliphatic carbocycles. The fourth-order valence-corrected chi connectivity index (χ4v) is 3.55. The largest absolute Gasteiger partial charge is 0.380 e. The van der Waals surface area contributed by atoms with Crippen LogP contribution in [0.25, 0.3) is 0 Å². The first-order valence-corrected chi connectivity index (χ1v) is 7.76. The van der Waals surface area contributed by atoms with Crippen LogP contribution < -0.4 is 0 Å². The summed E-state index contributed by atoms with van der Waals surface area (Å²) in [5.41, 5.74) is 1.00. The van der Waals surface area contributed by atoms with E-state index in [1.54, 1.807) is 12.0 Å². The number of nitrogens with zero attached hydrogens (tertiary/aromatic N) is 2. The number of hydrogen-bond donors (Lipinski definition) is 0. The summed E-state index contributed by atoms with van der Waals surface area (Å²) in [6, 6.07) is 9.03. The smallest absolute Gasteiger partial charge is 0.328 e. The van der Waals surface area contributed by atoms with Crippen LogP contribution >= 0.6 is 0 Å². The zero-order chi connectivity index (χ0) is 15.9. The molecule has 2 aliphatic rings. The Morgan fingerprint density at radius 3 is 2.41 bits per heavy atom. The third-order valence-electron chi connectivity index (χ3n) is 4.62. The number of benzene rings is 1. The lowest BCUT2D eigenvalue weighted by atomic mass is 9.94. The van der Waals surface area contributed by atoms with Crippen molar-refractivity contribution in [3.05, 3.63) is 35.9 Å². The number of amides is 3. The molecule has 3 amide bonds. The van der Waals surface area contributed by atoms with Crippen LogP contribution in [0.15, 0.2) is 30.3 Å². The Hall–Kier alpha value is -1.88. The average Bonchev–Trinajstić information content (AvgIpc) is 3.03. The molecule has 3 atom stereocenters. The van der Waals surface area contributed by atoms with Crippen molar-refractivity contribution in [2.45, 2.75) is 38.5 Å². The van der Waals surface area contributed by atoms with Crippen LogP contribution in [0.1, 0.15) is 31.9 Å². The molecule has 0 radical (unpaired) electrons. The fraction of sp³-hybridized carbons (Fsp3) is 0.529. The van der Waals surface area contributed by atoms with Gasteiger partial charge in [0, 0.05) is 20.1 Å². The quantitative estimate of drug-likeness (QED) is 0.803. The maximum Gasteiger partial charge on any atom is 0.328 e. The Kier molecular flexibility index (Phi) is 3.91. The summed E-state index contributed by atoms with van der Waals surface area (Å²) in [5.74, 6) is 0.0700. The molecule has 118 valence electrons. The van der Waals surface area contributed by atoms with Crippen LogP contribution in [0.2, 0.25) is 0 Å². The Labute approximate surface area is 130 Å². The van der Waals surface area contributed by atoms with Crippen molar-refractivity contribution in [2.24, 2.45) is 5.92 Å². The van der Waals surface area contributed by atoms with E-state index in [0.717, 1.165) is 5.56 Å². The lowest BCUT2D eigenvalue weighted by Crippen LogP contribution is -2.40. The molecule has 1 aromatic carbocycles. The summed E-state index contributed by atoms with van der Waals surface area (Å²) in [7, 11) is 1.63. The molecule has 2 fully saturated rings. The van der Waals surface area contributed by atoms with Crippen molar-refractivity contribution in [1.82, 2.24) is 9.80 Å². The van der Waals surface area contributed by atoms with Crippen molar-refractivity contribution in [1.29, 1.82) is 0 Å². The van der Waals surface area contributed by atoms with Gasteiger partial charge in [-0.1, -0.05) is 44.2 Å². The number of carbonyl (C=O) groups is 2. The van der Waals surface area contributed by atoms with Crippen LogP contribution in [0.5, 0.6) is 0 Å². The molecule has 0 saturated carbocycles. The summed E-state index contributed by atoms with van der Waals surface area (Å²) < 4.78 is 5.31. The standard InChI is InChI=1S/C17H22N2O3/c1-11(2)15(12-7-5-4-6-8-12)19-16(20)14-9-13(22-3)10-18(14)17(19)21/h4-8,11,13-15H,9-10H2,1-3H3/t13-,14+,15+/m1/s1. The van der Waals surface area contributed by atoms with Gasteiger partial charge >= 0.3 is 6.03 Å². The minimum Gasteiger partial charge on any atom is -0.380 e. The highest BCUT2D eigenvalue weighted by Crippen LogP contribution is 2.37.